The third-order valence-corrected chi connectivity index (χ3v) is 7.83. The lowest BCUT2D eigenvalue weighted by atomic mass is 10.1. The molecule has 0 unspecified atom stereocenters. The number of nitrogens with one attached hydrogen (secondary N) is 2. The maximum atomic E-state index is 12.7. The molecule has 1 saturated heterocycles. The molecule has 3 aromatic rings. The molecule has 174 valence electrons. The number of carbonyl (C=O) groups excluding carboxylic acids is 1. The van der Waals surface area contributed by atoms with E-state index in [0.29, 0.717) is 18.8 Å². The second kappa shape index (κ2) is 9.86. The van der Waals surface area contributed by atoms with E-state index in [4.69, 9.17) is 0 Å². The molecule has 33 heavy (non-hydrogen) atoms. The summed E-state index contributed by atoms with van der Waals surface area (Å²) in [6.07, 6.45) is 7.16. The van der Waals surface area contributed by atoms with Crippen LogP contribution in [0.15, 0.2) is 72.1 Å². The highest BCUT2D eigenvalue weighted by Crippen LogP contribution is 2.22. The first-order chi connectivity index (χ1) is 15.8. The molecule has 1 aliphatic rings. The van der Waals surface area contributed by atoms with Crippen molar-refractivity contribution >= 4 is 21.6 Å². The van der Waals surface area contributed by atoms with E-state index in [1.165, 1.54) is 4.31 Å². The molecule has 1 fully saturated rings. The minimum Gasteiger partial charge on any atom is -0.325 e. The summed E-state index contributed by atoms with van der Waals surface area (Å²) in [6.45, 7) is 4.94. The molecule has 9 heteroatoms. The van der Waals surface area contributed by atoms with E-state index in [9.17, 15) is 13.2 Å². The van der Waals surface area contributed by atoms with Crippen LogP contribution < -0.4 is 10.6 Å². The Bertz CT molecular complexity index is 1170. The smallest absolute Gasteiger partial charge is 0.243 e. The van der Waals surface area contributed by atoms with E-state index >= 15 is 0 Å². The molecule has 0 aliphatic carbocycles. The molecule has 1 aromatic heterocycles. The van der Waals surface area contributed by atoms with Crippen molar-refractivity contribution < 1.29 is 13.2 Å². The van der Waals surface area contributed by atoms with Crippen molar-refractivity contribution in [2.24, 2.45) is 0 Å². The number of rotatable bonds is 8. The van der Waals surface area contributed by atoms with Gasteiger partial charge in [0.15, 0.2) is 0 Å². The van der Waals surface area contributed by atoms with Crippen molar-refractivity contribution in [1.82, 2.24) is 19.2 Å². The van der Waals surface area contributed by atoms with Crippen LogP contribution in [-0.2, 0) is 14.8 Å². The van der Waals surface area contributed by atoms with Crippen LogP contribution in [0.25, 0.3) is 5.69 Å². The van der Waals surface area contributed by atoms with Gasteiger partial charge < -0.3 is 9.88 Å². The van der Waals surface area contributed by atoms with Crippen LogP contribution in [0.5, 0.6) is 0 Å². The van der Waals surface area contributed by atoms with Gasteiger partial charge in [0.1, 0.15) is 0 Å². The molecule has 1 amide bonds. The van der Waals surface area contributed by atoms with Gasteiger partial charge in [-0.25, -0.2) is 13.4 Å². The van der Waals surface area contributed by atoms with Crippen LogP contribution in [0.4, 0.5) is 5.69 Å². The fourth-order valence-corrected chi connectivity index (χ4v) is 5.45. The van der Waals surface area contributed by atoms with E-state index in [1.807, 2.05) is 42.0 Å². The zero-order valence-electron chi connectivity index (χ0n) is 18.8. The SMILES string of the molecule is C[C@@H](N[C@H](C)c1ccc(-n2ccnc2)cc1)C(=O)Nc1ccc(S(=O)(=O)N2CCCC2)cc1. The van der Waals surface area contributed by atoms with Gasteiger partial charge in [0.25, 0.3) is 0 Å². The van der Waals surface area contributed by atoms with Gasteiger partial charge in [0.05, 0.1) is 17.3 Å². The van der Waals surface area contributed by atoms with Gasteiger partial charge in [-0.3, -0.25) is 10.1 Å². The van der Waals surface area contributed by atoms with E-state index in [1.54, 1.807) is 43.7 Å². The first-order valence-electron chi connectivity index (χ1n) is 11.1. The Balaban J connectivity index is 1.33. The highest BCUT2D eigenvalue weighted by Gasteiger charge is 2.27. The highest BCUT2D eigenvalue weighted by molar-refractivity contribution is 7.89. The molecule has 0 bridgehead atoms. The number of sulfonamides is 1. The van der Waals surface area contributed by atoms with E-state index in [2.05, 4.69) is 15.6 Å². The second-order valence-corrected chi connectivity index (χ2v) is 10.2. The van der Waals surface area contributed by atoms with Crippen LogP contribution in [0.1, 0.15) is 38.3 Å². The van der Waals surface area contributed by atoms with Crippen LogP contribution in [0, 0.1) is 0 Å². The number of nitrogens with zero attached hydrogens (tertiary/aromatic N) is 3. The highest BCUT2D eigenvalue weighted by atomic mass is 32.2. The lowest BCUT2D eigenvalue weighted by molar-refractivity contribution is -0.117. The Labute approximate surface area is 194 Å². The summed E-state index contributed by atoms with van der Waals surface area (Å²) in [7, 11) is -3.46. The molecule has 0 radical (unpaired) electrons. The van der Waals surface area contributed by atoms with Crippen molar-refractivity contribution in [3.8, 4) is 5.69 Å². The van der Waals surface area contributed by atoms with E-state index in [0.717, 1.165) is 24.1 Å². The largest absolute Gasteiger partial charge is 0.325 e. The van der Waals surface area contributed by atoms with Crippen molar-refractivity contribution in [3.63, 3.8) is 0 Å². The van der Waals surface area contributed by atoms with Crippen molar-refractivity contribution in [2.45, 2.75) is 43.7 Å². The second-order valence-electron chi connectivity index (χ2n) is 8.30. The zero-order valence-corrected chi connectivity index (χ0v) is 19.6. The normalized spacial score (nSPS) is 16.4. The molecule has 2 heterocycles. The maximum absolute atomic E-state index is 12.7. The number of carbonyl (C=O) groups is 1. The molecule has 2 aromatic carbocycles. The number of benzene rings is 2. The zero-order chi connectivity index (χ0) is 23.4. The number of amides is 1. The van der Waals surface area contributed by atoms with Crippen LogP contribution in [0.3, 0.4) is 0 Å². The van der Waals surface area contributed by atoms with Crippen molar-refractivity contribution in [2.75, 3.05) is 18.4 Å². The summed E-state index contributed by atoms with van der Waals surface area (Å²) < 4.78 is 28.7. The molecule has 0 saturated carbocycles. The van der Waals surface area contributed by atoms with Crippen LogP contribution >= 0.6 is 0 Å². The first kappa shape index (κ1) is 23.2. The number of anilines is 1. The Hall–Kier alpha value is -3.01. The Morgan fingerprint density at radius 2 is 1.67 bits per heavy atom. The lowest BCUT2D eigenvalue weighted by Gasteiger charge is -2.20. The van der Waals surface area contributed by atoms with E-state index < -0.39 is 16.1 Å². The summed E-state index contributed by atoms with van der Waals surface area (Å²) in [5.41, 5.74) is 2.64. The molecule has 4 rings (SSSR count). The Kier molecular flexibility index (Phi) is 6.92. The molecular formula is C24H29N5O3S. The van der Waals surface area contributed by atoms with Crippen LogP contribution in [-0.4, -0.2) is 47.3 Å². The Morgan fingerprint density at radius 1 is 1.00 bits per heavy atom. The minimum atomic E-state index is -3.46. The van der Waals surface area contributed by atoms with Gasteiger partial charge in [0, 0.05) is 42.9 Å². The number of aromatic nitrogens is 2. The molecular weight excluding hydrogens is 438 g/mol. The quantitative estimate of drug-likeness (QED) is 0.530. The summed E-state index contributed by atoms with van der Waals surface area (Å²) in [5, 5.41) is 6.16. The van der Waals surface area contributed by atoms with Gasteiger partial charge in [0.2, 0.25) is 15.9 Å². The third kappa shape index (κ3) is 5.32. The predicted molar refractivity (Wildman–Crippen MR) is 128 cm³/mol. The molecule has 1 aliphatic heterocycles. The van der Waals surface area contributed by atoms with Gasteiger partial charge >= 0.3 is 0 Å². The summed E-state index contributed by atoms with van der Waals surface area (Å²) >= 11 is 0. The molecule has 8 nitrogen and oxygen atoms in total. The molecule has 2 atom stereocenters. The fourth-order valence-electron chi connectivity index (χ4n) is 3.93. The summed E-state index contributed by atoms with van der Waals surface area (Å²) in [6, 6.07) is 14.0. The molecule has 0 spiro atoms. The standard InChI is InChI=1S/C24H29N5O3S/c1-18(20-5-9-22(10-6-20)28-16-13-25-17-28)26-19(2)24(30)27-21-7-11-23(12-8-21)33(31,32)29-14-3-4-15-29/h5-13,16-19,26H,3-4,14-15H2,1-2H3,(H,27,30)/t18-,19-/m1/s1. The topological polar surface area (TPSA) is 96.3 Å². The third-order valence-electron chi connectivity index (χ3n) is 5.91. The average molecular weight is 468 g/mol. The summed E-state index contributed by atoms with van der Waals surface area (Å²) in [4.78, 5) is 17.0. The van der Waals surface area contributed by atoms with E-state index in [-0.39, 0.29) is 16.8 Å². The average Bonchev–Trinajstić information content (AvgIpc) is 3.54. The Morgan fingerprint density at radius 3 is 2.27 bits per heavy atom. The maximum Gasteiger partial charge on any atom is 0.243 e. The van der Waals surface area contributed by atoms with Crippen LogP contribution in [0.2, 0.25) is 0 Å². The minimum absolute atomic E-state index is 0.0319. The monoisotopic (exact) mass is 467 g/mol. The lowest BCUT2D eigenvalue weighted by Crippen LogP contribution is -2.39. The van der Waals surface area contributed by atoms with Gasteiger partial charge in [-0.05, 0) is 68.7 Å². The number of hydrogen-bond donors (Lipinski definition) is 2. The van der Waals surface area contributed by atoms with Gasteiger partial charge in [-0.2, -0.15) is 4.31 Å². The predicted octanol–water partition coefficient (Wildman–Crippen LogP) is 3.33. The van der Waals surface area contributed by atoms with Gasteiger partial charge in [-0.15, -0.1) is 0 Å². The molecule has 2 N–H and O–H groups in total. The summed E-state index contributed by atoms with van der Waals surface area (Å²) in [5.74, 6) is -0.188. The van der Waals surface area contributed by atoms with Gasteiger partial charge in [-0.1, -0.05) is 12.1 Å². The van der Waals surface area contributed by atoms with Crippen molar-refractivity contribution in [1.29, 1.82) is 0 Å². The van der Waals surface area contributed by atoms with Crippen molar-refractivity contribution in [3.05, 3.63) is 72.8 Å². The first-order valence-corrected chi connectivity index (χ1v) is 12.5. The number of imidazole rings is 1. The number of hydrogen-bond acceptors (Lipinski definition) is 5. The fraction of sp³-hybridized carbons (Fsp3) is 0.333.